The summed E-state index contributed by atoms with van der Waals surface area (Å²) in [6, 6.07) is 0. The molecule has 0 amide bonds. The molecule has 0 bridgehead atoms. The lowest BCUT2D eigenvalue weighted by molar-refractivity contribution is -0.164. The first-order chi connectivity index (χ1) is 18.6. The molecule has 9 heteroatoms. The monoisotopic (exact) mass is 576 g/mol. The summed E-state index contributed by atoms with van der Waals surface area (Å²) in [6.45, 7) is 4.41. The summed E-state index contributed by atoms with van der Waals surface area (Å²) in [6.07, 6.45) is 23.1. The molecular formula is C30H56O8S. The number of carboxylic acids is 1. The Balaban J connectivity index is 4.65. The molecule has 1 atom stereocenters. The van der Waals surface area contributed by atoms with Gasteiger partial charge in [0.05, 0.1) is 12.3 Å². The van der Waals surface area contributed by atoms with Crippen molar-refractivity contribution in [2.75, 3.05) is 0 Å². The van der Waals surface area contributed by atoms with Crippen LogP contribution in [0.1, 0.15) is 162 Å². The molecule has 0 aliphatic carbocycles. The molecule has 1 unspecified atom stereocenters. The van der Waals surface area contributed by atoms with Gasteiger partial charge in [0, 0.05) is 0 Å². The fourth-order valence-electron chi connectivity index (χ4n) is 4.85. The highest BCUT2D eigenvalue weighted by molar-refractivity contribution is 7.87. The summed E-state index contributed by atoms with van der Waals surface area (Å²) in [4.78, 5) is 36.0. The third kappa shape index (κ3) is 22.0. The van der Waals surface area contributed by atoms with Crippen molar-refractivity contribution in [1.29, 1.82) is 0 Å². The van der Waals surface area contributed by atoms with E-state index in [2.05, 4.69) is 13.8 Å². The van der Waals surface area contributed by atoms with E-state index in [-0.39, 0.29) is 0 Å². The van der Waals surface area contributed by atoms with Gasteiger partial charge in [-0.15, -0.1) is 0 Å². The Labute approximate surface area is 237 Å². The predicted molar refractivity (Wildman–Crippen MR) is 155 cm³/mol. The van der Waals surface area contributed by atoms with Crippen molar-refractivity contribution in [1.82, 2.24) is 0 Å². The van der Waals surface area contributed by atoms with Crippen molar-refractivity contribution >= 4 is 28.0 Å². The van der Waals surface area contributed by atoms with Gasteiger partial charge in [-0.1, -0.05) is 142 Å². The maximum absolute atomic E-state index is 12.8. The van der Waals surface area contributed by atoms with Gasteiger partial charge >= 0.3 is 17.9 Å². The second kappa shape index (κ2) is 24.3. The average Bonchev–Trinajstić information content (AvgIpc) is 2.87. The molecule has 0 aliphatic heterocycles. The summed E-state index contributed by atoms with van der Waals surface area (Å²) >= 11 is 0. The zero-order valence-corrected chi connectivity index (χ0v) is 25.5. The van der Waals surface area contributed by atoms with Gasteiger partial charge in [-0.3, -0.25) is 18.9 Å². The van der Waals surface area contributed by atoms with E-state index in [0.29, 0.717) is 12.8 Å². The van der Waals surface area contributed by atoms with Crippen LogP contribution in [0.25, 0.3) is 0 Å². The normalized spacial score (nSPS) is 12.5. The molecule has 0 saturated carbocycles. The zero-order valence-electron chi connectivity index (χ0n) is 24.7. The summed E-state index contributed by atoms with van der Waals surface area (Å²) in [7, 11) is -5.01. The van der Waals surface area contributed by atoms with Crippen molar-refractivity contribution in [3.63, 3.8) is 0 Å². The molecule has 0 aromatic heterocycles. The van der Waals surface area contributed by atoms with Gasteiger partial charge in [0.2, 0.25) is 0 Å². The Kier molecular flexibility index (Phi) is 23.4. The molecule has 0 aromatic rings. The van der Waals surface area contributed by atoms with Crippen molar-refractivity contribution in [3.8, 4) is 0 Å². The molecule has 0 aliphatic rings. The molecule has 0 rings (SSSR count). The van der Waals surface area contributed by atoms with E-state index in [1.807, 2.05) is 0 Å². The minimum absolute atomic E-state index is 0.537. The van der Waals surface area contributed by atoms with Gasteiger partial charge in [0.1, 0.15) is 0 Å². The quantitative estimate of drug-likeness (QED) is 0.0434. The Morgan fingerprint density at radius 3 is 1.23 bits per heavy atom. The number of hydrogen-bond donors (Lipinski definition) is 2. The Morgan fingerprint density at radius 1 is 0.590 bits per heavy atom. The molecule has 0 heterocycles. The molecular weight excluding hydrogens is 520 g/mol. The fraction of sp³-hybridized carbons (Fsp3) is 0.900. The van der Waals surface area contributed by atoms with Crippen LogP contribution in [0.15, 0.2) is 0 Å². The van der Waals surface area contributed by atoms with Crippen LogP contribution in [0.4, 0.5) is 0 Å². The molecule has 0 radical (unpaired) electrons. The first-order valence-corrected chi connectivity index (χ1v) is 17.1. The van der Waals surface area contributed by atoms with Crippen molar-refractivity contribution in [3.05, 3.63) is 0 Å². The van der Waals surface area contributed by atoms with Crippen LogP contribution in [0, 0.1) is 5.92 Å². The molecule has 39 heavy (non-hydrogen) atoms. The van der Waals surface area contributed by atoms with E-state index >= 15 is 0 Å². The van der Waals surface area contributed by atoms with Gasteiger partial charge < -0.3 is 9.84 Å². The van der Waals surface area contributed by atoms with E-state index in [1.54, 1.807) is 0 Å². The number of unbranched alkanes of at least 4 members (excludes halogenated alkanes) is 18. The average molecular weight is 577 g/mol. The van der Waals surface area contributed by atoms with Crippen LogP contribution in [0.5, 0.6) is 0 Å². The van der Waals surface area contributed by atoms with Crippen LogP contribution in [0.2, 0.25) is 0 Å². The number of aliphatic carboxylic acids is 1. The van der Waals surface area contributed by atoms with Crippen LogP contribution >= 0.6 is 0 Å². The number of ether oxygens (including phenoxy) is 1. The van der Waals surface area contributed by atoms with Crippen molar-refractivity contribution in [2.45, 2.75) is 167 Å². The lowest BCUT2D eigenvalue weighted by Gasteiger charge is -2.17. The van der Waals surface area contributed by atoms with Gasteiger partial charge in [0.15, 0.2) is 5.25 Å². The SMILES string of the molecule is CCCCCCCCCCCCC(CCCCCCCCCCCC)C(=O)OC(=O)C(CC(=O)O)S(=O)(=O)O. The lowest BCUT2D eigenvalue weighted by atomic mass is 9.94. The number of rotatable bonds is 27. The highest BCUT2D eigenvalue weighted by Crippen LogP contribution is 2.22. The van der Waals surface area contributed by atoms with E-state index in [4.69, 9.17) is 9.84 Å². The van der Waals surface area contributed by atoms with Gasteiger partial charge in [-0.05, 0) is 12.8 Å². The van der Waals surface area contributed by atoms with Crippen LogP contribution in [-0.2, 0) is 29.2 Å². The Morgan fingerprint density at radius 2 is 0.923 bits per heavy atom. The standard InChI is InChI=1S/C30H56O8S/c1-3-5-7-9-11-13-15-17-19-21-23-26(24-22-20-18-16-14-12-10-8-6-4-2)29(33)38-30(34)27(25-28(31)32)39(35,36)37/h26-27H,3-25H2,1-2H3,(H,31,32)(H,35,36,37). The van der Waals surface area contributed by atoms with E-state index in [1.165, 1.54) is 77.0 Å². The first-order valence-electron chi connectivity index (χ1n) is 15.6. The maximum atomic E-state index is 12.8. The predicted octanol–water partition coefficient (Wildman–Crippen LogP) is 8.03. The summed E-state index contributed by atoms with van der Waals surface area (Å²) < 4.78 is 37.0. The molecule has 0 aromatic carbocycles. The van der Waals surface area contributed by atoms with Crippen LogP contribution in [0.3, 0.4) is 0 Å². The number of carbonyl (C=O) groups excluding carboxylic acids is 2. The minimum atomic E-state index is -5.01. The van der Waals surface area contributed by atoms with E-state index in [0.717, 1.165) is 51.4 Å². The molecule has 230 valence electrons. The first kappa shape index (κ1) is 37.5. The van der Waals surface area contributed by atoms with E-state index < -0.39 is 45.6 Å². The van der Waals surface area contributed by atoms with Gasteiger partial charge in [-0.25, -0.2) is 0 Å². The second-order valence-corrected chi connectivity index (χ2v) is 12.6. The smallest absolute Gasteiger partial charge is 0.335 e. The van der Waals surface area contributed by atoms with Gasteiger partial charge in [-0.2, -0.15) is 8.42 Å². The largest absolute Gasteiger partial charge is 0.481 e. The topological polar surface area (TPSA) is 135 Å². The summed E-state index contributed by atoms with van der Waals surface area (Å²) in [5.41, 5.74) is 0. The van der Waals surface area contributed by atoms with Crippen LogP contribution < -0.4 is 0 Å². The Hall–Kier alpha value is -1.48. The highest BCUT2D eigenvalue weighted by Gasteiger charge is 2.37. The minimum Gasteiger partial charge on any atom is -0.481 e. The van der Waals surface area contributed by atoms with Crippen molar-refractivity contribution < 1.29 is 37.2 Å². The number of esters is 2. The lowest BCUT2D eigenvalue weighted by Crippen LogP contribution is -2.36. The highest BCUT2D eigenvalue weighted by atomic mass is 32.2. The van der Waals surface area contributed by atoms with E-state index in [9.17, 15) is 27.4 Å². The molecule has 0 saturated heterocycles. The summed E-state index contributed by atoms with van der Waals surface area (Å²) in [5, 5.41) is 6.58. The number of carboxylic acid groups (broad SMARTS) is 1. The third-order valence-electron chi connectivity index (χ3n) is 7.33. The molecule has 2 N–H and O–H groups in total. The van der Waals surface area contributed by atoms with Crippen molar-refractivity contribution in [2.24, 2.45) is 5.92 Å². The van der Waals surface area contributed by atoms with Gasteiger partial charge in [0.25, 0.3) is 10.1 Å². The third-order valence-corrected chi connectivity index (χ3v) is 8.41. The Bertz CT molecular complexity index is 726. The molecule has 0 spiro atoms. The van der Waals surface area contributed by atoms with Crippen LogP contribution in [-0.4, -0.2) is 41.2 Å². The maximum Gasteiger partial charge on any atom is 0.335 e. The number of hydrogen-bond acceptors (Lipinski definition) is 6. The molecule has 0 fully saturated rings. The fourth-order valence-corrected chi connectivity index (χ4v) is 5.50. The number of carbonyl (C=O) groups is 3. The molecule has 8 nitrogen and oxygen atoms in total. The second-order valence-electron chi connectivity index (χ2n) is 11.0. The zero-order chi connectivity index (χ0) is 29.4. The summed E-state index contributed by atoms with van der Waals surface area (Å²) in [5.74, 6) is -4.50.